The summed E-state index contributed by atoms with van der Waals surface area (Å²) in [7, 11) is 0. The van der Waals surface area contributed by atoms with Crippen molar-refractivity contribution in [1.82, 2.24) is 0 Å². The Kier molecular flexibility index (Phi) is 3.35. The second-order valence-corrected chi connectivity index (χ2v) is 7.33. The first-order valence-corrected chi connectivity index (χ1v) is 7.83. The molecule has 18 heavy (non-hydrogen) atoms. The smallest absolute Gasteiger partial charge is 0.104 e. The van der Waals surface area contributed by atoms with E-state index in [9.17, 15) is 5.26 Å². The molecule has 0 aliphatic heterocycles. The normalized spacial score (nSPS) is 31.8. The number of hydrogen-bond donors (Lipinski definition) is 0. The molecular formula is C16H19NS. The molecule has 0 radical (unpaired) electrons. The van der Waals surface area contributed by atoms with Crippen LogP contribution in [-0.2, 0) is 0 Å². The van der Waals surface area contributed by atoms with E-state index < -0.39 is 0 Å². The summed E-state index contributed by atoms with van der Waals surface area (Å²) in [5, 5.41) is 10.2. The van der Waals surface area contributed by atoms with Crippen LogP contribution < -0.4 is 0 Å². The van der Waals surface area contributed by atoms with Gasteiger partial charge in [-0.3, -0.25) is 0 Å². The summed E-state index contributed by atoms with van der Waals surface area (Å²) in [5.41, 5.74) is 1.41. The van der Waals surface area contributed by atoms with Crippen LogP contribution in [0.3, 0.4) is 0 Å². The molecule has 0 saturated heterocycles. The average Bonchev–Trinajstić information content (AvgIpc) is 2.87. The minimum Gasteiger partial charge on any atom is -0.197 e. The number of thioether (sulfide) groups is 1. The first-order chi connectivity index (χ1) is 8.81. The number of nitriles is 1. The molecule has 0 atom stereocenters. The largest absolute Gasteiger partial charge is 0.197 e. The summed E-state index contributed by atoms with van der Waals surface area (Å²) in [5.74, 6) is 0.611. The van der Waals surface area contributed by atoms with Crippen LogP contribution in [0.15, 0.2) is 30.3 Å². The molecule has 0 unspecified atom stereocenters. The lowest BCUT2D eigenvalue weighted by Gasteiger charge is -2.43. The molecule has 1 nitrogen and oxygen atoms in total. The zero-order valence-electron chi connectivity index (χ0n) is 10.6. The Morgan fingerprint density at radius 2 is 1.78 bits per heavy atom. The van der Waals surface area contributed by atoms with Crippen molar-refractivity contribution in [1.29, 1.82) is 5.26 Å². The topological polar surface area (TPSA) is 23.8 Å². The molecule has 1 aromatic carbocycles. The predicted octanol–water partition coefficient (Wildman–Crippen LogP) is 4.50. The Hall–Kier alpha value is -0.940. The van der Waals surface area contributed by atoms with Crippen molar-refractivity contribution in [2.75, 3.05) is 0 Å². The Labute approximate surface area is 114 Å². The number of benzene rings is 1. The van der Waals surface area contributed by atoms with Gasteiger partial charge in [0.05, 0.1) is 6.07 Å². The van der Waals surface area contributed by atoms with Crippen molar-refractivity contribution in [2.24, 2.45) is 0 Å². The Bertz CT molecular complexity index is 436. The van der Waals surface area contributed by atoms with Gasteiger partial charge in [-0.1, -0.05) is 43.2 Å². The van der Waals surface area contributed by atoms with Gasteiger partial charge in [-0.05, 0) is 37.2 Å². The van der Waals surface area contributed by atoms with Gasteiger partial charge >= 0.3 is 0 Å². The minimum absolute atomic E-state index is 0.0739. The highest BCUT2D eigenvalue weighted by Crippen LogP contribution is 2.55. The summed E-state index contributed by atoms with van der Waals surface area (Å²) in [6.07, 6.45) is 7.47. The van der Waals surface area contributed by atoms with Crippen LogP contribution in [0.5, 0.6) is 0 Å². The summed E-state index contributed by atoms with van der Waals surface area (Å²) < 4.78 is -0.0739. The standard InChI is InChI=1S/C16H19NS/c17-12-16(18-15-8-4-5-9-15)10-14(11-16)13-6-2-1-3-7-13/h1-3,6-7,14-15H,4-5,8-11H2. The Balaban J connectivity index is 1.62. The first-order valence-electron chi connectivity index (χ1n) is 6.95. The second kappa shape index (κ2) is 4.97. The maximum Gasteiger partial charge on any atom is 0.104 e. The zero-order chi connectivity index (χ0) is 12.4. The van der Waals surface area contributed by atoms with Crippen LogP contribution in [0, 0.1) is 11.3 Å². The van der Waals surface area contributed by atoms with Gasteiger partial charge in [-0.15, -0.1) is 11.8 Å². The molecule has 0 heterocycles. The quantitative estimate of drug-likeness (QED) is 0.796. The van der Waals surface area contributed by atoms with Gasteiger partial charge in [0.1, 0.15) is 4.75 Å². The van der Waals surface area contributed by atoms with E-state index >= 15 is 0 Å². The van der Waals surface area contributed by atoms with Crippen molar-refractivity contribution in [3.8, 4) is 6.07 Å². The van der Waals surface area contributed by atoms with Crippen LogP contribution in [0.1, 0.15) is 50.0 Å². The molecule has 2 aliphatic rings. The average molecular weight is 257 g/mol. The van der Waals surface area contributed by atoms with Crippen LogP contribution in [-0.4, -0.2) is 10.00 Å². The minimum atomic E-state index is -0.0739. The van der Waals surface area contributed by atoms with E-state index in [4.69, 9.17) is 0 Å². The van der Waals surface area contributed by atoms with Gasteiger partial charge in [0.25, 0.3) is 0 Å². The third-order valence-electron chi connectivity index (χ3n) is 4.32. The molecule has 0 amide bonds. The number of nitrogens with zero attached hydrogens (tertiary/aromatic N) is 1. The second-order valence-electron chi connectivity index (χ2n) is 5.65. The fourth-order valence-corrected chi connectivity index (χ4v) is 5.09. The van der Waals surface area contributed by atoms with Crippen molar-refractivity contribution >= 4 is 11.8 Å². The number of hydrogen-bond acceptors (Lipinski definition) is 2. The van der Waals surface area contributed by atoms with E-state index in [1.165, 1.54) is 31.2 Å². The van der Waals surface area contributed by atoms with Gasteiger partial charge in [0.2, 0.25) is 0 Å². The van der Waals surface area contributed by atoms with Crippen molar-refractivity contribution in [3.63, 3.8) is 0 Å². The van der Waals surface area contributed by atoms with Gasteiger partial charge < -0.3 is 0 Å². The predicted molar refractivity (Wildman–Crippen MR) is 76.6 cm³/mol. The Morgan fingerprint density at radius 1 is 1.11 bits per heavy atom. The highest BCUT2D eigenvalue weighted by Gasteiger charge is 2.47. The fraction of sp³-hybridized carbons (Fsp3) is 0.562. The van der Waals surface area contributed by atoms with Crippen LogP contribution in [0.2, 0.25) is 0 Å². The molecule has 1 aromatic rings. The van der Waals surface area contributed by atoms with Gasteiger partial charge in [0.15, 0.2) is 0 Å². The molecule has 0 bridgehead atoms. The van der Waals surface area contributed by atoms with Crippen molar-refractivity contribution in [2.45, 2.75) is 54.4 Å². The van der Waals surface area contributed by atoms with Crippen LogP contribution in [0.25, 0.3) is 0 Å². The molecule has 0 spiro atoms. The molecule has 2 fully saturated rings. The molecule has 2 heteroatoms. The lowest BCUT2D eigenvalue weighted by atomic mass is 9.71. The first kappa shape index (κ1) is 12.1. The summed E-state index contributed by atoms with van der Waals surface area (Å²) in [6.45, 7) is 0. The zero-order valence-corrected chi connectivity index (χ0v) is 11.5. The summed E-state index contributed by atoms with van der Waals surface area (Å²) >= 11 is 1.98. The Morgan fingerprint density at radius 3 is 2.39 bits per heavy atom. The molecule has 0 N–H and O–H groups in total. The fourth-order valence-electron chi connectivity index (χ4n) is 3.24. The molecular weight excluding hydrogens is 238 g/mol. The summed E-state index contributed by atoms with van der Waals surface area (Å²) in [4.78, 5) is 0. The van der Waals surface area contributed by atoms with Gasteiger partial charge in [-0.2, -0.15) is 5.26 Å². The van der Waals surface area contributed by atoms with E-state index in [1.807, 2.05) is 11.8 Å². The number of rotatable bonds is 3. The highest BCUT2D eigenvalue weighted by molar-refractivity contribution is 8.01. The molecule has 0 aromatic heterocycles. The third-order valence-corrected chi connectivity index (χ3v) is 6.00. The maximum atomic E-state index is 9.49. The van der Waals surface area contributed by atoms with Gasteiger partial charge in [-0.25, -0.2) is 0 Å². The van der Waals surface area contributed by atoms with E-state index in [1.54, 1.807) is 0 Å². The lowest BCUT2D eigenvalue weighted by Crippen LogP contribution is -2.39. The van der Waals surface area contributed by atoms with E-state index in [0.717, 1.165) is 18.1 Å². The summed E-state index contributed by atoms with van der Waals surface area (Å²) in [6, 6.07) is 13.3. The van der Waals surface area contributed by atoms with E-state index in [2.05, 4.69) is 36.4 Å². The SMILES string of the molecule is N#CC1(SC2CCCC2)CC(c2ccccc2)C1. The van der Waals surface area contributed by atoms with E-state index in [-0.39, 0.29) is 4.75 Å². The van der Waals surface area contributed by atoms with E-state index in [0.29, 0.717) is 5.92 Å². The molecule has 94 valence electrons. The molecule has 2 saturated carbocycles. The lowest BCUT2D eigenvalue weighted by molar-refractivity contribution is 0.367. The monoisotopic (exact) mass is 257 g/mol. The van der Waals surface area contributed by atoms with Crippen molar-refractivity contribution < 1.29 is 0 Å². The van der Waals surface area contributed by atoms with Crippen LogP contribution >= 0.6 is 11.8 Å². The van der Waals surface area contributed by atoms with Crippen molar-refractivity contribution in [3.05, 3.63) is 35.9 Å². The molecule has 3 rings (SSSR count). The van der Waals surface area contributed by atoms with Crippen LogP contribution in [0.4, 0.5) is 0 Å². The molecule has 2 aliphatic carbocycles. The van der Waals surface area contributed by atoms with Gasteiger partial charge in [0, 0.05) is 5.25 Å². The maximum absolute atomic E-state index is 9.49. The highest BCUT2D eigenvalue weighted by atomic mass is 32.2. The third kappa shape index (κ3) is 2.29.